The van der Waals surface area contributed by atoms with E-state index in [1.165, 1.54) is 10.5 Å². The minimum atomic E-state index is -0.171. The van der Waals surface area contributed by atoms with Crippen LogP contribution >= 0.6 is 11.8 Å². The summed E-state index contributed by atoms with van der Waals surface area (Å²) in [6, 6.07) is 8.34. The Morgan fingerprint density at radius 1 is 1.38 bits per heavy atom. The van der Waals surface area contributed by atoms with Crippen molar-refractivity contribution in [2.24, 2.45) is 5.73 Å². The highest BCUT2D eigenvalue weighted by Gasteiger charge is 1.99. The first-order valence-electron chi connectivity index (χ1n) is 5.55. The molecule has 1 unspecified atom stereocenters. The van der Waals surface area contributed by atoms with Crippen LogP contribution in [0.4, 0.5) is 0 Å². The van der Waals surface area contributed by atoms with E-state index in [0.29, 0.717) is 6.54 Å². The van der Waals surface area contributed by atoms with E-state index in [9.17, 15) is 0 Å². The highest BCUT2D eigenvalue weighted by molar-refractivity contribution is 7.99. The molecule has 0 heterocycles. The smallest absolute Gasteiger partial charge is 0.0594 e. The molecule has 1 aromatic carbocycles. The van der Waals surface area contributed by atoms with E-state index < -0.39 is 0 Å². The van der Waals surface area contributed by atoms with Crippen LogP contribution in [0, 0.1) is 0 Å². The van der Waals surface area contributed by atoms with Crippen LogP contribution in [0.15, 0.2) is 29.2 Å². The van der Waals surface area contributed by atoms with Gasteiger partial charge in [0, 0.05) is 24.0 Å². The maximum atomic E-state index is 8.76. The number of aliphatic hydroxyl groups is 1. The number of rotatable bonds is 7. The minimum absolute atomic E-state index is 0.0269. The van der Waals surface area contributed by atoms with E-state index in [-0.39, 0.29) is 12.6 Å². The lowest BCUT2D eigenvalue weighted by Gasteiger charge is -2.09. The molecule has 0 aliphatic heterocycles. The number of thioether (sulfide) groups is 1. The number of nitrogens with two attached hydrogens (primary N) is 1. The molecule has 16 heavy (non-hydrogen) atoms. The Hall–Kier alpha value is -0.550. The lowest BCUT2D eigenvalue weighted by atomic mass is 10.2. The third-order valence-corrected chi connectivity index (χ3v) is 3.10. The highest BCUT2D eigenvalue weighted by Crippen LogP contribution is 2.17. The Kier molecular flexibility index (Phi) is 6.49. The molecule has 4 N–H and O–H groups in total. The van der Waals surface area contributed by atoms with Crippen molar-refractivity contribution >= 4 is 11.8 Å². The van der Waals surface area contributed by atoms with E-state index in [0.717, 1.165) is 12.3 Å². The molecule has 1 rings (SSSR count). The molecule has 3 nitrogen and oxygen atoms in total. The summed E-state index contributed by atoms with van der Waals surface area (Å²) < 4.78 is 0. The van der Waals surface area contributed by atoms with Crippen molar-refractivity contribution in [1.29, 1.82) is 0 Å². The fourth-order valence-corrected chi connectivity index (χ4v) is 2.00. The molecule has 0 amide bonds. The summed E-state index contributed by atoms with van der Waals surface area (Å²) in [5.41, 5.74) is 6.83. The van der Waals surface area contributed by atoms with Crippen LogP contribution in [0.1, 0.15) is 12.5 Å². The lowest BCUT2D eigenvalue weighted by molar-refractivity contribution is 0.262. The number of hydrogen-bond acceptors (Lipinski definition) is 4. The molecule has 0 saturated carbocycles. The Bertz CT molecular complexity index is 290. The van der Waals surface area contributed by atoms with E-state index in [2.05, 4.69) is 36.5 Å². The maximum Gasteiger partial charge on any atom is 0.0594 e. The first kappa shape index (κ1) is 13.5. The number of benzene rings is 1. The van der Waals surface area contributed by atoms with Crippen LogP contribution in [0.2, 0.25) is 0 Å². The third kappa shape index (κ3) is 4.99. The summed E-state index contributed by atoms with van der Waals surface area (Å²) in [5.74, 6) is 1.10. The van der Waals surface area contributed by atoms with Crippen molar-refractivity contribution in [3.63, 3.8) is 0 Å². The molecular formula is C12H20N2OS. The van der Waals surface area contributed by atoms with Crippen LogP contribution in [-0.4, -0.2) is 30.1 Å². The van der Waals surface area contributed by atoms with Crippen molar-refractivity contribution in [2.45, 2.75) is 24.4 Å². The van der Waals surface area contributed by atoms with Gasteiger partial charge in [0.25, 0.3) is 0 Å². The summed E-state index contributed by atoms with van der Waals surface area (Å²) in [6.45, 7) is 3.61. The molecular weight excluding hydrogens is 220 g/mol. The van der Waals surface area contributed by atoms with Crippen LogP contribution in [0.3, 0.4) is 0 Å². The minimum Gasteiger partial charge on any atom is -0.395 e. The molecule has 4 heteroatoms. The van der Waals surface area contributed by atoms with Gasteiger partial charge >= 0.3 is 0 Å². The van der Waals surface area contributed by atoms with Crippen molar-refractivity contribution in [3.8, 4) is 0 Å². The van der Waals surface area contributed by atoms with Crippen molar-refractivity contribution in [1.82, 2.24) is 5.32 Å². The van der Waals surface area contributed by atoms with Gasteiger partial charge in [0.1, 0.15) is 0 Å². The van der Waals surface area contributed by atoms with E-state index >= 15 is 0 Å². The number of aliphatic hydroxyl groups excluding tert-OH is 1. The second kappa shape index (κ2) is 7.68. The Balaban J connectivity index is 2.31. The van der Waals surface area contributed by atoms with Crippen molar-refractivity contribution in [3.05, 3.63) is 29.8 Å². The second-order valence-electron chi connectivity index (χ2n) is 3.65. The summed E-state index contributed by atoms with van der Waals surface area (Å²) in [4.78, 5) is 1.30. The molecule has 0 aliphatic rings. The molecule has 0 bridgehead atoms. The first-order valence-corrected chi connectivity index (χ1v) is 6.53. The molecule has 0 saturated heterocycles. The molecule has 0 aromatic heterocycles. The fraction of sp³-hybridized carbons (Fsp3) is 0.500. The average molecular weight is 240 g/mol. The monoisotopic (exact) mass is 240 g/mol. The molecule has 1 aromatic rings. The average Bonchev–Trinajstić information content (AvgIpc) is 2.31. The van der Waals surface area contributed by atoms with Gasteiger partial charge < -0.3 is 16.2 Å². The predicted octanol–water partition coefficient (Wildman–Crippen LogP) is 1.21. The van der Waals surface area contributed by atoms with Gasteiger partial charge in [-0.05, 0) is 23.4 Å². The number of nitrogens with one attached hydrogen (secondary N) is 1. The molecule has 0 spiro atoms. The molecule has 90 valence electrons. The summed E-state index contributed by atoms with van der Waals surface area (Å²) in [5, 5.41) is 12.0. The van der Waals surface area contributed by atoms with Gasteiger partial charge in [0.2, 0.25) is 0 Å². The Morgan fingerprint density at radius 3 is 2.62 bits per heavy atom. The third-order valence-electron chi connectivity index (χ3n) is 2.20. The summed E-state index contributed by atoms with van der Waals surface area (Å²) in [7, 11) is 0. The van der Waals surface area contributed by atoms with Gasteiger partial charge in [-0.3, -0.25) is 0 Å². The SMILES string of the molecule is CCSc1ccc(CNCC(N)CO)cc1. The zero-order chi connectivity index (χ0) is 11.8. The Morgan fingerprint density at radius 2 is 2.06 bits per heavy atom. The first-order chi connectivity index (χ1) is 7.76. The van der Waals surface area contributed by atoms with Gasteiger partial charge in [-0.15, -0.1) is 11.8 Å². The molecule has 0 fully saturated rings. The fourth-order valence-electron chi connectivity index (χ4n) is 1.34. The molecule has 0 aliphatic carbocycles. The van der Waals surface area contributed by atoms with Crippen molar-refractivity contribution < 1.29 is 5.11 Å². The lowest BCUT2D eigenvalue weighted by Crippen LogP contribution is -2.36. The number of hydrogen-bond donors (Lipinski definition) is 3. The second-order valence-corrected chi connectivity index (χ2v) is 4.99. The molecule has 1 atom stereocenters. The van der Waals surface area contributed by atoms with Gasteiger partial charge in [-0.25, -0.2) is 0 Å². The summed E-state index contributed by atoms with van der Waals surface area (Å²) >= 11 is 1.84. The molecule has 0 radical (unpaired) electrons. The largest absolute Gasteiger partial charge is 0.395 e. The van der Waals surface area contributed by atoms with Gasteiger partial charge in [0.15, 0.2) is 0 Å². The van der Waals surface area contributed by atoms with Crippen LogP contribution < -0.4 is 11.1 Å². The van der Waals surface area contributed by atoms with Gasteiger partial charge in [0.05, 0.1) is 6.61 Å². The van der Waals surface area contributed by atoms with E-state index in [1.807, 2.05) is 11.8 Å². The standard InChI is InChI=1S/C12H20N2OS/c1-2-16-12-5-3-10(4-6-12)7-14-8-11(13)9-15/h3-6,11,14-15H,2,7-9,13H2,1H3. The quantitative estimate of drug-likeness (QED) is 0.627. The van der Waals surface area contributed by atoms with Crippen LogP contribution in [0.5, 0.6) is 0 Å². The van der Waals surface area contributed by atoms with E-state index in [4.69, 9.17) is 10.8 Å². The van der Waals surface area contributed by atoms with Gasteiger partial charge in [-0.2, -0.15) is 0 Å². The normalized spacial score (nSPS) is 12.7. The van der Waals surface area contributed by atoms with Crippen LogP contribution in [0.25, 0.3) is 0 Å². The van der Waals surface area contributed by atoms with Crippen molar-refractivity contribution in [2.75, 3.05) is 18.9 Å². The highest BCUT2D eigenvalue weighted by atomic mass is 32.2. The summed E-state index contributed by atoms with van der Waals surface area (Å²) in [6.07, 6.45) is 0. The topological polar surface area (TPSA) is 58.3 Å². The van der Waals surface area contributed by atoms with Crippen LogP contribution in [-0.2, 0) is 6.54 Å². The zero-order valence-electron chi connectivity index (χ0n) is 9.65. The zero-order valence-corrected chi connectivity index (χ0v) is 10.5. The maximum absolute atomic E-state index is 8.76. The Labute approximate surface area is 101 Å². The van der Waals surface area contributed by atoms with Gasteiger partial charge in [-0.1, -0.05) is 19.1 Å². The predicted molar refractivity (Wildman–Crippen MR) is 69.6 cm³/mol. The van der Waals surface area contributed by atoms with E-state index in [1.54, 1.807) is 0 Å².